The van der Waals surface area contributed by atoms with Crippen LogP contribution in [0.5, 0.6) is 5.75 Å². The Morgan fingerprint density at radius 2 is 1.21 bits per heavy atom. The molecule has 284 valence electrons. The van der Waals surface area contributed by atoms with Gasteiger partial charge in [0.05, 0.1) is 19.2 Å². The number of anilines is 2. The molecule has 3 saturated heterocycles. The van der Waals surface area contributed by atoms with E-state index in [9.17, 15) is 0 Å². The topological polar surface area (TPSA) is 102 Å². The van der Waals surface area contributed by atoms with E-state index in [0.29, 0.717) is 28.1 Å². The summed E-state index contributed by atoms with van der Waals surface area (Å²) in [7, 11) is 1.57. The summed E-state index contributed by atoms with van der Waals surface area (Å²) >= 11 is 0. The maximum Gasteiger partial charge on any atom is 0.329 e. The highest BCUT2D eigenvalue weighted by Gasteiger charge is 2.79. The van der Waals surface area contributed by atoms with Gasteiger partial charge in [0.15, 0.2) is 17.0 Å². The van der Waals surface area contributed by atoms with E-state index in [4.69, 9.17) is 14.2 Å². The highest BCUT2D eigenvalue weighted by atomic mass is 16.7. The minimum Gasteiger partial charge on any atom is -0.497 e. The molecule has 0 aromatic heterocycles. The molecule has 1 spiro atoms. The Morgan fingerprint density at radius 1 is 0.649 bits per heavy atom. The molecule has 5 aliphatic rings. The molecule has 7 unspecified atom stereocenters. The fraction of sp³-hybridized carbons (Fsp3) is 0.250. The van der Waals surface area contributed by atoms with E-state index >= 15 is 19.2 Å². The van der Waals surface area contributed by atoms with Gasteiger partial charge >= 0.3 is 11.9 Å². The van der Waals surface area contributed by atoms with Crippen molar-refractivity contribution in [2.24, 2.45) is 11.3 Å². The van der Waals surface area contributed by atoms with Gasteiger partial charge in [0, 0.05) is 54.1 Å². The first-order chi connectivity index (χ1) is 27.7. The summed E-state index contributed by atoms with van der Waals surface area (Å²) in [5.41, 5.74) is 2.91. The van der Waals surface area contributed by atoms with Crippen LogP contribution in [0.25, 0.3) is 6.08 Å². The molecular formula is C48H40N2O7. The third kappa shape index (κ3) is 4.94. The second-order valence-electron chi connectivity index (χ2n) is 16.0. The monoisotopic (exact) mass is 756 g/mol. The SMILES string of the molecule is COc1ccc(C2C(C(=O)c3ccccc3)N3c4ccccc4C4C(C5C=Cc6ccccc6N5C4C(=O)c4ccccc4)C3C23C(=O)OC(C)(C)OC3=O)cc1. The number of cyclic esters (lactones) is 2. The summed E-state index contributed by atoms with van der Waals surface area (Å²) in [6.07, 6.45) is 4.15. The second kappa shape index (κ2) is 12.8. The van der Waals surface area contributed by atoms with Gasteiger partial charge < -0.3 is 24.0 Å². The number of hydrogen-bond acceptors (Lipinski definition) is 9. The fourth-order valence-electron chi connectivity index (χ4n) is 10.7. The summed E-state index contributed by atoms with van der Waals surface area (Å²) in [5, 5.41) is 0. The summed E-state index contributed by atoms with van der Waals surface area (Å²) in [6.45, 7) is 3.09. The number of para-hydroxylation sites is 2. The number of Topliss-reactive ketones (excluding diaryl/α,β-unsaturated/α-hetero) is 2. The Bertz CT molecular complexity index is 2460. The number of carbonyl (C=O) groups is 4. The van der Waals surface area contributed by atoms with E-state index < -0.39 is 65.1 Å². The first-order valence-electron chi connectivity index (χ1n) is 19.4. The number of ether oxygens (including phenoxy) is 3. The lowest BCUT2D eigenvalue weighted by Crippen LogP contribution is -2.64. The first kappa shape index (κ1) is 35.0. The van der Waals surface area contributed by atoms with Crippen LogP contribution >= 0.6 is 0 Å². The molecule has 7 atom stereocenters. The molecule has 0 aliphatic carbocycles. The van der Waals surface area contributed by atoms with Crippen LogP contribution < -0.4 is 14.5 Å². The van der Waals surface area contributed by atoms with Gasteiger partial charge in [-0.1, -0.05) is 121 Å². The van der Waals surface area contributed by atoms with Crippen LogP contribution in [0.15, 0.2) is 140 Å². The molecule has 0 N–H and O–H groups in total. The van der Waals surface area contributed by atoms with Crippen molar-refractivity contribution in [3.63, 3.8) is 0 Å². The summed E-state index contributed by atoms with van der Waals surface area (Å²) in [4.78, 5) is 65.7. The number of benzene rings is 5. The third-order valence-electron chi connectivity index (χ3n) is 12.8. The Labute approximate surface area is 330 Å². The molecule has 5 aromatic rings. The highest BCUT2D eigenvalue weighted by molar-refractivity contribution is 6.12. The van der Waals surface area contributed by atoms with Gasteiger partial charge in [0.1, 0.15) is 17.8 Å². The Kier molecular flexibility index (Phi) is 7.84. The smallest absolute Gasteiger partial charge is 0.329 e. The van der Waals surface area contributed by atoms with E-state index in [0.717, 1.165) is 16.8 Å². The summed E-state index contributed by atoms with van der Waals surface area (Å²) in [6, 6.07) is 38.0. The zero-order chi connectivity index (χ0) is 39.2. The lowest BCUT2D eigenvalue weighted by atomic mass is 9.60. The number of ketones is 2. The standard InChI is InChI=1S/C48H40N2O7/c1-47(2)56-45(53)48(46(54)57-47)39(29-22-25-32(55-3)26-23-29)41(43(52)31-17-8-5-9-18-31)50-35-21-13-11-19-33(35)37-38(44(48)50)36-27-24-28-14-10-12-20-34(28)49(36)40(37)42(51)30-15-6-4-7-16-30/h4-27,36-41,44H,1-3H3. The fourth-order valence-corrected chi connectivity index (χ4v) is 10.7. The molecule has 0 radical (unpaired) electrons. The Hall–Kier alpha value is -6.48. The molecule has 0 amide bonds. The quantitative estimate of drug-likeness (QED) is 0.0984. The van der Waals surface area contributed by atoms with Crippen LogP contribution in [-0.2, 0) is 19.1 Å². The third-order valence-corrected chi connectivity index (χ3v) is 12.8. The van der Waals surface area contributed by atoms with Crippen LogP contribution in [0.2, 0.25) is 0 Å². The molecule has 9 heteroatoms. The van der Waals surface area contributed by atoms with Crippen molar-refractivity contribution in [2.75, 3.05) is 16.9 Å². The van der Waals surface area contributed by atoms with Crippen molar-refractivity contribution in [3.8, 4) is 5.75 Å². The molecule has 9 nitrogen and oxygen atoms in total. The first-order valence-corrected chi connectivity index (χ1v) is 19.4. The number of nitrogens with zero attached hydrogens (tertiary/aromatic N) is 2. The van der Waals surface area contributed by atoms with Crippen LogP contribution in [0.3, 0.4) is 0 Å². The number of rotatable bonds is 6. The zero-order valence-electron chi connectivity index (χ0n) is 31.7. The zero-order valence-corrected chi connectivity index (χ0v) is 31.7. The number of fused-ring (bicyclic) bond motifs is 11. The number of esters is 2. The molecular weight excluding hydrogens is 717 g/mol. The van der Waals surface area contributed by atoms with E-state index in [1.165, 1.54) is 0 Å². The Morgan fingerprint density at radius 3 is 1.84 bits per heavy atom. The number of carbonyl (C=O) groups excluding carboxylic acids is 4. The van der Waals surface area contributed by atoms with Crippen LogP contribution in [0, 0.1) is 11.3 Å². The minimum absolute atomic E-state index is 0.0768. The van der Waals surface area contributed by atoms with Gasteiger partial charge in [0.2, 0.25) is 0 Å². The highest BCUT2D eigenvalue weighted by Crippen LogP contribution is 2.67. The summed E-state index contributed by atoms with van der Waals surface area (Å²) < 4.78 is 17.9. The van der Waals surface area contributed by atoms with Crippen LogP contribution in [-0.4, -0.2) is 60.6 Å². The molecule has 3 fully saturated rings. The van der Waals surface area contributed by atoms with Gasteiger partial charge in [-0.2, -0.15) is 0 Å². The molecule has 10 rings (SSSR count). The summed E-state index contributed by atoms with van der Waals surface area (Å²) in [5.74, 6) is -5.00. The van der Waals surface area contributed by atoms with Crippen molar-refractivity contribution in [1.29, 1.82) is 0 Å². The van der Waals surface area contributed by atoms with E-state index in [2.05, 4.69) is 17.1 Å². The Balaban J connectivity index is 1.30. The predicted octanol–water partition coefficient (Wildman–Crippen LogP) is 7.62. The van der Waals surface area contributed by atoms with Crippen LogP contribution in [0.4, 0.5) is 11.4 Å². The largest absolute Gasteiger partial charge is 0.497 e. The van der Waals surface area contributed by atoms with Crippen molar-refractivity contribution >= 4 is 41.0 Å². The minimum atomic E-state index is -2.04. The number of methoxy groups -OCH3 is 1. The van der Waals surface area contributed by atoms with Crippen molar-refractivity contribution < 1.29 is 33.4 Å². The van der Waals surface area contributed by atoms with E-state index in [-0.39, 0.29) is 11.6 Å². The van der Waals surface area contributed by atoms with Gasteiger partial charge in [0.25, 0.3) is 5.79 Å². The predicted molar refractivity (Wildman–Crippen MR) is 214 cm³/mol. The molecule has 0 bridgehead atoms. The second-order valence-corrected chi connectivity index (χ2v) is 16.0. The average Bonchev–Trinajstić information content (AvgIpc) is 3.75. The molecule has 0 saturated carbocycles. The maximum atomic E-state index is 15.4. The molecule has 5 aliphatic heterocycles. The van der Waals surface area contributed by atoms with Gasteiger partial charge in [-0.25, -0.2) is 0 Å². The van der Waals surface area contributed by atoms with Crippen LogP contribution in [0.1, 0.15) is 63.1 Å². The van der Waals surface area contributed by atoms with E-state index in [1.54, 1.807) is 45.2 Å². The molecule has 5 heterocycles. The van der Waals surface area contributed by atoms with Crippen molar-refractivity contribution in [2.45, 2.75) is 55.6 Å². The van der Waals surface area contributed by atoms with Crippen molar-refractivity contribution in [3.05, 3.63) is 167 Å². The maximum absolute atomic E-state index is 15.4. The van der Waals surface area contributed by atoms with Gasteiger partial charge in [-0.3, -0.25) is 19.2 Å². The molecule has 57 heavy (non-hydrogen) atoms. The lowest BCUT2D eigenvalue weighted by molar-refractivity contribution is -0.253. The average molecular weight is 757 g/mol. The van der Waals surface area contributed by atoms with Crippen molar-refractivity contribution in [1.82, 2.24) is 0 Å². The normalized spacial score (nSPS) is 27.0. The van der Waals surface area contributed by atoms with Gasteiger partial charge in [-0.15, -0.1) is 0 Å². The van der Waals surface area contributed by atoms with Gasteiger partial charge in [-0.05, 0) is 41.0 Å². The molecule has 5 aromatic carbocycles. The van der Waals surface area contributed by atoms with E-state index in [1.807, 2.05) is 114 Å². The lowest BCUT2D eigenvalue weighted by Gasteiger charge is -2.50. The number of hydrogen-bond donors (Lipinski definition) is 0.